The standard InChI is InChI=1S/C12H12F3N3S/c1-2-4-10-16-17-11(19)18(10)9-6-3-5-8(7-9)12(13,14)15/h3,5-7H,2,4H2,1H3,(H,17,19). The van der Waals surface area contributed by atoms with Gasteiger partial charge >= 0.3 is 6.18 Å². The molecule has 3 nitrogen and oxygen atoms in total. The molecule has 0 amide bonds. The first-order chi connectivity index (χ1) is 8.93. The smallest absolute Gasteiger partial charge is 0.272 e. The Hall–Kier alpha value is -1.63. The summed E-state index contributed by atoms with van der Waals surface area (Å²) >= 11 is 5.07. The Balaban J connectivity index is 2.53. The highest BCUT2D eigenvalue weighted by Gasteiger charge is 2.30. The number of hydrogen-bond donors (Lipinski definition) is 1. The normalized spacial score (nSPS) is 11.8. The predicted molar refractivity (Wildman–Crippen MR) is 67.7 cm³/mol. The number of H-pyrrole nitrogens is 1. The molecule has 7 heteroatoms. The van der Waals surface area contributed by atoms with Crippen molar-refractivity contribution in [2.75, 3.05) is 0 Å². The highest BCUT2D eigenvalue weighted by molar-refractivity contribution is 7.71. The third kappa shape index (κ3) is 2.86. The minimum Gasteiger partial charge on any atom is -0.272 e. The van der Waals surface area contributed by atoms with E-state index in [0.29, 0.717) is 22.7 Å². The summed E-state index contributed by atoms with van der Waals surface area (Å²) in [5.41, 5.74) is -0.326. The molecule has 102 valence electrons. The zero-order chi connectivity index (χ0) is 14.0. The molecule has 1 aromatic heterocycles. The zero-order valence-electron chi connectivity index (χ0n) is 10.2. The van der Waals surface area contributed by atoms with E-state index in [1.807, 2.05) is 6.92 Å². The summed E-state index contributed by atoms with van der Waals surface area (Å²) in [5.74, 6) is 0.631. The van der Waals surface area contributed by atoms with Crippen LogP contribution in [0.25, 0.3) is 5.69 Å². The number of aromatic nitrogens is 3. The highest BCUT2D eigenvalue weighted by Crippen LogP contribution is 2.30. The first-order valence-electron chi connectivity index (χ1n) is 5.77. The van der Waals surface area contributed by atoms with Gasteiger partial charge in [0.15, 0.2) is 4.77 Å². The summed E-state index contributed by atoms with van der Waals surface area (Å²) in [6.45, 7) is 1.97. The third-order valence-electron chi connectivity index (χ3n) is 2.65. The van der Waals surface area contributed by atoms with Crippen LogP contribution >= 0.6 is 12.2 Å². The van der Waals surface area contributed by atoms with Crippen molar-refractivity contribution in [3.8, 4) is 5.69 Å². The van der Waals surface area contributed by atoms with Gasteiger partial charge in [-0.2, -0.15) is 18.3 Å². The van der Waals surface area contributed by atoms with Crippen molar-refractivity contribution in [2.24, 2.45) is 0 Å². The maximum absolute atomic E-state index is 12.7. The van der Waals surface area contributed by atoms with E-state index in [9.17, 15) is 13.2 Å². The summed E-state index contributed by atoms with van der Waals surface area (Å²) in [6, 6.07) is 5.06. The van der Waals surface area contributed by atoms with Gasteiger partial charge in [0, 0.05) is 6.42 Å². The van der Waals surface area contributed by atoms with Gasteiger partial charge in [-0.25, -0.2) is 0 Å². The van der Waals surface area contributed by atoms with Crippen molar-refractivity contribution < 1.29 is 13.2 Å². The van der Waals surface area contributed by atoms with Gasteiger partial charge in [0.05, 0.1) is 11.3 Å². The average molecular weight is 287 g/mol. The fraction of sp³-hybridized carbons (Fsp3) is 0.333. The lowest BCUT2D eigenvalue weighted by Crippen LogP contribution is -2.07. The molecule has 1 aromatic carbocycles. The lowest BCUT2D eigenvalue weighted by Gasteiger charge is -2.10. The van der Waals surface area contributed by atoms with Crippen molar-refractivity contribution >= 4 is 12.2 Å². The molecule has 1 N–H and O–H groups in total. The molecular formula is C12H12F3N3S. The van der Waals surface area contributed by atoms with Gasteiger partial charge in [-0.15, -0.1) is 0 Å². The molecule has 0 saturated heterocycles. The Kier molecular flexibility index (Phi) is 3.75. The van der Waals surface area contributed by atoms with E-state index in [0.717, 1.165) is 18.6 Å². The van der Waals surface area contributed by atoms with Gasteiger partial charge in [-0.3, -0.25) is 9.67 Å². The van der Waals surface area contributed by atoms with Gasteiger partial charge < -0.3 is 0 Å². The first-order valence-corrected chi connectivity index (χ1v) is 6.18. The monoisotopic (exact) mass is 287 g/mol. The van der Waals surface area contributed by atoms with Gasteiger partial charge in [-0.05, 0) is 36.8 Å². The van der Waals surface area contributed by atoms with Crippen LogP contribution < -0.4 is 0 Å². The van der Waals surface area contributed by atoms with Crippen LogP contribution in [0, 0.1) is 4.77 Å². The second kappa shape index (κ2) is 5.16. The maximum atomic E-state index is 12.7. The number of nitrogens with one attached hydrogen (secondary N) is 1. The van der Waals surface area contributed by atoms with Crippen LogP contribution in [-0.2, 0) is 12.6 Å². The zero-order valence-corrected chi connectivity index (χ0v) is 11.0. The van der Waals surface area contributed by atoms with E-state index in [1.165, 1.54) is 10.6 Å². The van der Waals surface area contributed by atoms with E-state index in [1.54, 1.807) is 6.07 Å². The average Bonchev–Trinajstić information content (AvgIpc) is 2.70. The van der Waals surface area contributed by atoms with Crippen LogP contribution in [-0.4, -0.2) is 14.8 Å². The van der Waals surface area contributed by atoms with Crippen LogP contribution in [0.5, 0.6) is 0 Å². The van der Waals surface area contributed by atoms with Gasteiger partial charge in [-0.1, -0.05) is 13.0 Å². The number of halogens is 3. The van der Waals surface area contributed by atoms with E-state index < -0.39 is 11.7 Å². The fourth-order valence-electron chi connectivity index (χ4n) is 1.81. The molecule has 0 atom stereocenters. The third-order valence-corrected chi connectivity index (χ3v) is 2.92. The minimum atomic E-state index is -4.37. The van der Waals surface area contributed by atoms with E-state index >= 15 is 0 Å². The number of nitrogens with zero attached hydrogens (tertiary/aromatic N) is 2. The highest BCUT2D eigenvalue weighted by atomic mass is 32.1. The predicted octanol–water partition coefficient (Wildman–Crippen LogP) is 3.90. The molecule has 19 heavy (non-hydrogen) atoms. The van der Waals surface area contributed by atoms with E-state index in [-0.39, 0.29) is 0 Å². The molecule has 0 bridgehead atoms. The topological polar surface area (TPSA) is 33.6 Å². The molecule has 1 heterocycles. The number of aromatic amines is 1. The van der Waals surface area contributed by atoms with Crippen molar-refractivity contribution in [3.63, 3.8) is 0 Å². The van der Waals surface area contributed by atoms with Gasteiger partial charge in [0.1, 0.15) is 5.82 Å². The second-order valence-electron chi connectivity index (χ2n) is 4.08. The summed E-state index contributed by atoms with van der Waals surface area (Å²) in [7, 11) is 0. The van der Waals surface area contributed by atoms with Crippen molar-refractivity contribution in [1.29, 1.82) is 0 Å². The SMILES string of the molecule is CCCc1n[nH]c(=S)n1-c1cccc(C(F)(F)F)c1. The summed E-state index contributed by atoms with van der Waals surface area (Å²) in [5, 5.41) is 6.65. The van der Waals surface area contributed by atoms with Crippen molar-refractivity contribution in [2.45, 2.75) is 25.9 Å². The van der Waals surface area contributed by atoms with E-state index in [2.05, 4.69) is 10.2 Å². The molecular weight excluding hydrogens is 275 g/mol. The van der Waals surface area contributed by atoms with Crippen molar-refractivity contribution in [3.05, 3.63) is 40.4 Å². The number of aryl methyl sites for hydroxylation is 1. The molecule has 2 aromatic rings. The minimum absolute atomic E-state index is 0.294. The number of hydrogen-bond acceptors (Lipinski definition) is 2. The van der Waals surface area contributed by atoms with E-state index in [4.69, 9.17) is 12.2 Å². The maximum Gasteiger partial charge on any atom is 0.416 e. The molecule has 0 spiro atoms. The molecule has 0 radical (unpaired) electrons. The molecule has 0 unspecified atom stereocenters. The summed E-state index contributed by atoms with van der Waals surface area (Å²) in [4.78, 5) is 0. The van der Waals surface area contributed by atoms with Crippen LogP contribution in [0.15, 0.2) is 24.3 Å². The molecule has 2 rings (SSSR count). The van der Waals surface area contributed by atoms with Gasteiger partial charge in [0.2, 0.25) is 0 Å². The van der Waals surface area contributed by atoms with Crippen LogP contribution in [0.2, 0.25) is 0 Å². The van der Waals surface area contributed by atoms with Crippen LogP contribution in [0.3, 0.4) is 0 Å². The second-order valence-corrected chi connectivity index (χ2v) is 4.47. The number of alkyl halides is 3. The fourth-order valence-corrected chi connectivity index (χ4v) is 2.06. The molecule has 0 saturated carbocycles. The Bertz CT molecular complexity index is 628. The summed E-state index contributed by atoms with van der Waals surface area (Å²) in [6.07, 6.45) is -2.89. The number of rotatable bonds is 3. The molecule has 0 fully saturated rings. The Morgan fingerprint density at radius 2 is 2.11 bits per heavy atom. The van der Waals surface area contributed by atoms with Crippen LogP contribution in [0.4, 0.5) is 13.2 Å². The Morgan fingerprint density at radius 3 is 2.74 bits per heavy atom. The molecule has 0 aliphatic rings. The summed E-state index contributed by atoms with van der Waals surface area (Å²) < 4.78 is 39.9. The lowest BCUT2D eigenvalue weighted by molar-refractivity contribution is -0.137. The Labute approximate surface area is 113 Å². The number of benzene rings is 1. The lowest BCUT2D eigenvalue weighted by atomic mass is 10.2. The molecule has 0 aliphatic carbocycles. The Morgan fingerprint density at radius 1 is 1.37 bits per heavy atom. The quantitative estimate of drug-likeness (QED) is 0.869. The van der Waals surface area contributed by atoms with Gasteiger partial charge in [0.25, 0.3) is 0 Å². The van der Waals surface area contributed by atoms with Crippen molar-refractivity contribution in [1.82, 2.24) is 14.8 Å². The molecule has 0 aliphatic heterocycles. The van der Waals surface area contributed by atoms with Crippen LogP contribution in [0.1, 0.15) is 24.7 Å². The first kappa shape index (κ1) is 13.8. The largest absolute Gasteiger partial charge is 0.416 e.